The Hall–Kier alpha value is -1.56. The summed E-state index contributed by atoms with van der Waals surface area (Å²) < 4.78 is 0.811. The largest absolute Gasteiger partial charge is 0.481 e. The van der Waals surface area contributed by atoms with Gasteiger partial charge in [0, 0.05) is 17.6 Å². The number of amides is 2. The first-order chi connectivity index (χ1) is 9.32. The molecule has 2 amide bonds. The van der Waals surface area contributed by atoms with Crippen LogP contribution in [0.1, 0.15) is 18.9 Å². The zero-order chi connectivity index (χ0) is 14.9. The number of anilines is 1. The van der Waals surface area contributed by atoms with Crippen molar-refractivity contribution in [2.75, 3.05) is 18.4 Å². The molecule has 1 aromatic rings. The SMILES string of the molecule is Cc1ccc(NC(=O)N2CCC(C)(C(=O)O)C2)c(Br)c1. The lowest BCUT2D eigenvalue weighted by molar-refractivity contribution is -0.146. The second kappa shape index (κ2) is 5.44. The van der Waals surface area contributed by atoms with Crippen molar-refractivity contribution in [3.63, 3.8) is 0 Å². The van der Waals surface area contributed by atoms with Gasteiger partial charge in [0.05, 0.1) is 11.1 Å². The molecule has 5 nitrogen and oxygen atoms in total. The number of carboxylic acid groups (broad SMARTS) is 1. The van der Waals surface area contributed by atoms with E-state index in [9.17, 15) is 14.7 Å². The van der Waals surface area contributed by atoms with E-state index >= 15 is 0 Å². The number of carboxylic acids is 1. The van der Waals surface area contributed by atoms with Crippen molar-refractivity contribution in [3.8, 4) is 0 Å². The van der Waals surface area contributed by atoms with Crippen LogP contribution in [0.15, 0.2) is 22.7 Å². The number of urea groups is 1. The second-order valence-electron chi connectivity index (χ2n) is 5.45. The van der Waals surface area contributed by atoms with Gasteiger partial charge >= 0.3 is 12.0 Å². The number of nitrogens with zero attached hydrogens (tertiary/aromatic N) is 1. The fourth-order valence-electron chi connectivity index (χ4n) is 2.22. The van der Waals surface area contributed by atoms with Crippen molar-refractivity contribution >= 4 is 33.6 Å². The minimum atomic E-state index is -0.857. The summed E-state index contributed by atoms with van der Waals surface area (Å²) >= 11 is 3.40. The van der Waals surface area contributed by atoms with Crippen molar-refractivity contribution in [1.82, 2.24) is 4.90 Å². The molecule has 0 aromatic heterocycles. The zero-order valence-electron chi connectivity index (χ0n) is 11.4. The molecule has 1 aliphatic rings. The maximum Gasteiger partial charge on any atom is 0.321 e. The molecule has 6 heteroatoms. The van der Waals surface area contributed by atoms with Gasteiger partial charge < -0.3 is 15.3 Å². The standard InChI is InChI=1S/C14H17BrN2O3/c1-9-3-4-11(10(15)7-9)16-13(20)17-6-5-14(2,8-17)12(18)19/h3-4,7H,5-6,8H2,1-2H3,(H,16,20)(H,18,19). The normalized spacial score (nSPS) is 21.9. The lowest BCUT2D eigenvalue weighted by Crippen LogP contribution is -2.37. The van der Waals surface area contributed by atoms with E-state index < -0.39 is 11.4 Å². The van der Waals surface area contributed by atoms with E-state index in [0.29, 0.717) is 18.7 Å². The van der Waals surface area contributed by atoms with E-state index in [1.807, 2.05) is 25.1 Å². The number of nitrogens with one attached hydrogen (secondary N) is 1. The molecule has 1 heterocycles. The number of likely N-dealkylation sites (tertiary alicyclic amines) is 1. The van der Waals surface area contributed by atoms with Crippen molar-refractivity contribution in [3.05, 3.63) is 28.2 Å². The van der Waals surface area contributed by atoms with Gasteiger partial charge in [0.1, 0.15) is 0 Å². The van der Waals surface area contributed by atoms with E-state index in [-0.39, 0.29) is 12.6 Å². The summed E-state index contributed by atoms with van der Waals surface area (Å²) in [6, 6.07) is 5.38. The summed E-state index contributed by atoms with van der Waals surface area (Å²) in [5.74, 6) is -0.857. The molecule has 0 aliphatic carbocycles. The van der Waals surface area contributed by atoms with E-state index in [1.165, 1.54) is 0 Å². The Morgan fingerprint density at radius 3 is 2.70 bits per heavy atom. The third-order valence-electron chi connectivity index (χ3n) is 3.64. The molecule has 0 radical (unpaired) electrons. The number of rotatable bonds is 2. The highest BCUT2D eigenvalue weighted by molar-refractivity contribution is 9.10. The molecule has 1 saturated heterocycles. The number of aliphatic carboxylic acids is 1. The van der Waals surface area contributed by atoms with E-state index in [2.05, 4.69) is 21.2 Å². The Balaban J connectivity index is 2.05. The molecule has 1 atom stereocenters. The molecule has 1 aliphatic heterocycles. The molecule has 1 fully saturated rings. The minimum Gasteiger partial charge on any atom is -0.481 e. The summed E-state index contributed by atoms with van der Waals surface area (Å²) in [7, 11) is 0. The van der Waals surface area contributed by atoms with E-state index in [4.69, 9.17) is 0 Å². The fourth-order valence-corrected chi connectivity index (χ4v) is 2.82. The smallest absolute Gasteiger partial charge is 0.321 e. The topological polar surface area (TPSA) is 69.6 Å². The van der Waals surface area contributed by atoms with Crippen LogP contribution in [0.3, 0.4) is 0 Å². The van der Waals surface area contributed by atoms with E-state index in [1.54, 1.807) is 11.8 Å². The number of aryl methyl sites for hydroxylation is 1. The first kappa shape index (κ1) is 14.8. The molecule has 0 saturated carbocycles. The average molecular weight is 341 g/mol. The molecule has 0 bridgehead atoms. The van der Waals surface area contributed by atoms with Crippen molar-refractivity contribution < 1.29 is 14.7 Å². The van der Waals surface area contributed by atoms with Gasteiger partial charge in [-0.15, -0.1) is 0 Å². The van der Waals surface area contributed by atoms with Crippen molar-refractivity contribution in [2.45, 2.75) is 20.3 Å². The lowest BCUT2D eigenvalue weighted by atomic mass is 9.90. The van der Waals surface area contributed by atoms with Crippen LogP contribution in [0.25, 0.3) is 0 Å². The highest BCUT2D eigenvalue weighted by atomic mass is 79.9. The predicted molar refractivity (Wildman–Crippen MR) is 79.8 cm³/mol. The first-order valence-electron chi connectivity index (χ1n) is 6.37. The highest BCUT2D eigenvalue weighted by Crippen LogP contribution is 2.31. The van der Waals surface area contributed by atoms with Crippen LogP contribution in [0, 0.1) is 12.3 Å². The van der Waals surface area contributed by atoms with Gasteiger partial charge in [0.2, 0.25) is 0 Å². The summed E-state index contributed by atoms with van der Waals surface area (Å²) in [6.45, 7) is 4.33. The van der Waals surface area contributed by atoms with Gasteiger partial charge in [-0.05, 0) is 53.9 Å². The van der Waals surface area contributed by atoms with Crippen molar-refractivity contribution in [2.24, 2.45) is 5.41 Å². The quantitative estimate of drug-likeness (QED) is 0.869. The highest BCUT2D eigenvalue weighted by Gasteiger charge is 2.42. The van der Waals surface area contributed by atoms with Crippen molar-refractivity contribution in [1.29, 1.82) is 0 Å². The molecule has 1 unspecified atom stereocenters. The molecule has 108 valence electrons. The molecular weight excluding hydrogens is 324 g/mol. The fraction of sp³-hybridized carbons (Fsp3) is 0.429. The second-order valence-corrected chi connectivity index (χ2v) is 6.31. The molecule has 20 heavy (non-hydrogen) atoms. The van der Waals surface area contributed by atoms with Crippen LogP contribution < -0.4 is 5.32 Å². The Kier molecular flexibility index (Phi) is 4.04. The maximum atomic E-state index is 12.2. The third-order valence-corrected chi connectivity index (χ3v) is 4.30. The lowest BCUT2D eigenvalue weighted by Gasteiger charge is -2.21. The molecule has 0 spiro atoms. The number of carbonyl (C=O) groups excluding carboxylic acids is 1. The van der Waals surface area contributed by atoms with Crippen LogP contribution in [0.5, 0.6) is 0 Å². The van der Waals surface area contributed by atoms with Gasteiger partial charge in [-0.2, -0.15) is 0 Å². The van der Waals surface area contributed by atoms with E-state index in [0.717, 1.165) is 10.0 Å². The van der Waals surface area contributed by atoms with Crippen LogP contribution in [-0.4, -0.2) is 35.1 Å². The number of benzene rings is 1. The number of hydrogen-bond acceptors (Lipinski definition) is 2. The summed E-state index contributed by atoms with van der Waals surface area (Å²) in [4.78, 5) is 24.9. The first-order valence-corrected chi connectivity index (χ1v) is 7.17. The van der Waals surface area contributed by atoms with Crippen LogP contribution in [-0.2, 0) is 4.79 Å². The minimum absolute atomic E-state index is 0.234. The van der Waals surface area contributed by atoms with Gasteiger partial charge in [0.15, 0.2) is 0 Å². The number of halogens is 1. The van der Waals surface area contributed by atoms with Crippen LogP contribution in [0.4, 0.5) is 10.5 Å². The molecular formula is C14H17BrN2O3. The monoisotopic (exact) mass is 340 g/mol. The summed E-state index contributed by atoms with van der Waals surface area (Å²) in [6.07, 6.45) is 0.477. The maximum absolute atomic E-state index is 12.2. The Bertz CT molecular complexity index is 561. The van der Waals surface area contributed by atoms with Crippen LogP contribution in [0.2, 0.25) is 0 Å². The van der Waals surface area contributed by atoms with Gasteiger partial charge in [-0.3, -0.25) is 4.79 Å². The van der Waals surface area contributed by atoms with Crippen LogP contribution >= 0.6 is 15.9 Å². The number of hydrogen-bond donors (Lipinski definition) is 2. The van der Waals surface area contributed by atoms with Gasteiger partial charge in [0.25, 0.3) is 0 Å². The Morgan fingerprint density at radius 1 is 1.45 bits per heavy atom. The average Bonchev–Trinajstić information content (AvgIpc) is 2.77. The molecule has 2 rings (SSSR count). The Labute approximate surface area is 126 Å². The Morgan fingerprint density at radius 2 is 2.15 bits per heavy atom. The molecule has 1 aromatic carbocycles. The summed E-state index contributed by atoms with van der Waals surface area (Å²) in [5, 5.41) is 12.0. The third kappa shape index (κ3) is 2.95. The predicted octanol–water partition coefficient (Wildman–Crippen LogP) is 3.09. The molecule has 2 N–H and O–H groups in total. The van der Waals surface area contributed by atoms with Gasteiger partial charge in [-0.1, -0.05) is 6.07 Å². The van der Waals surface area contributed by atoms with Gasteiger partial charge in [-0.25, -0.2) is 4.79 Å². The summed E-state index contributed by atoms with van der Waals surface area (Å²) in [5.41, 5.74) is 0.931. The zero-order valence-corrected chi connectivity index (χ0v) is 13.0. The number of carbonyl (C=O) groups is 2.